The number of epoxide rings is 2. The van der Waals surface area contributed by atoms with E-state index in [2.05, 4.69) is 69.2 Å². The highest BCUT2D eigenvalue weighted by atomic mass is 16.8. The van der Waals surface area contributed by atoms with Gasteiger partial charge in [-0.15, -0.1) is 0 Å². The Labute approximate surface area is 319 Å². The molecule has 0 aromatic heterocycles. The van der Waals surface area contributed by atoms with Crippen LogP contribution < -0.4 is 0 Å². The van der Waals surface area contributed by atoms with Crippen LogP contribution >= 0.6 is 0 Å². The lowest BCUT2D eigenvalue weighted by Gasteiger charge is -2.24. The molecule has 51 heavy (non-hydrogen) atoms. The van der Waals surface area contributed by atoms with Gasteiger partial charge in [-0.3, -0.25) is 0 Å². The molecule has 5 nitrogen and oxygen atoms in total. The quantitative estimate of drug-likeness (QED) is 0.0476. The zero-order chi connectivity index (χ0) is 37.4. The van der Waals surface area contributed by atoms with Crippen molar-refractivity contribution < 1.29 is 23.7 Å². The maximum absolute atomic E-state index is 6.37. The molecular weight excluding hydrogens is 633 g/mol. The summed E-state index contributed by atoms with van der Waals surface area (Å²) in [6.45, 7) is 26.8. The van der Waals surface area contributed by atoms with E-state index in [1.54, 1.807) is 0 Å². The van der Waals surface area contributed by atoms with Gasteiger partial charge < -0.3 is 23.7 Å². The van der Waals surface area contributed by atoms with Crippen LogP contribution in [0.25, 0.3) is 0 Å². The van der Waals surface area contributed by atoms with Gasteiger partial charge in [0.05, 0.1) is 26.4 Å². The maximum atomic E-state index is 6.37. The smallest absolute Gasteiger partial charge is 0.189 e. The van der Waals surface area contributed by atoms with Crippen molar-refractivity contribution in [3.05, 3.63) is 0 Å². The summed E-state index contributed by atoms with van der Waals surface area (Å²) in [5.74, 6) is 6.47. The molecule has 2 fully saturated rings. The van der Waals surface area contributed by atoms with E-state index in [4.69, 9.17) is 23.7 Å². The summed E-state index contributed by atoms with van der Waals surface area (Å²) in [7, 11) is 0. The van der Waals surface area contributed by atoms with Crippen molar-refractivity contribution in [2.75, 3.05) is 26.4 Å². The first kappa shape index (κ1) is 47.0. The van der Waals surface area contributed by atoms with Crippen LogP contribution in [-0.2, 0) is 23.7 Å². The van der Waals surface area contributed by atoms with Crippen molar-refractivity contribution >= 4 is 0 Å². The third kappa shape index (κ3) is 26.3. The molecule has 0 saturated carbocycles. The van der Waals surface area contributed by atoms with Gasteiger partial charge in [0.25, 0.3) is 0 Å². The molecular formula is C46H90O5. The standard InChI is InChI=1S/C46H90O5/c1-35(2)17-11-19-37(5)21-13-23-39(7)25-15-27-41(9)29-31-47-45(43-33-49-43)51-46(44-34-50-44)48-32-30-42(10)28-16-26-40(8)24-14-22-38(6)20-12-18-36(3)4/h35-46H,11-34H2,1-10H3. The van der Waals surface area contributed by atoms with Crippen LogP contribution in [0.4, 0.5) is 0 Å². The van der Waals surface area contributed by atoms with Crippen molar-refractivity contribution in [2.45, 2.75) is 222 Å². The molecule has 10 atom stereocenters. The molecule has 2 heterocycles. The van der Waals surface area contributed by atoms with Crippen LogP contribution in [0.1, 0.15) is 198 Å². The lowest BCUT2D eigenvalue weighted by molar-refractivity contribution is -0.257. The van der Waals surface area contributed by atoms with E-state index in [1.165, 1.54) is 116 Å². The molecule has 0 amide bonds. The zero-order valence-electron chi connectivity index (χ0n) is 35.9. The Balaban J connectivity index is 1.52. The molecule has 0 aliphatic carbocycles. The molecule has 0 bridgehead atoms. The minimum atomic E-state index is -0.360. The highest BCUT2D eigenvalue weighted by molar-refractivity contribution is 4.79. The van der Waals surface area contributed by atoms with Gasteiger partial charge in [-0.25, -0.2) is 0 Å². The lowest BCUT2D eigenvalue weighted by atomic mass is 9.91. The zero-order valence-corrected chi connectivity index (χ0v) is 35.9. The second kappa shape index (κ2) is 28.2. The minimum Gasteiger partial charge on any atom is -0.368 e. The molecule has 0 spiro atoms. The summed E-state index contributed by atoms with van der Waals surface area (Å²) in [6.07, 6.45) is 26.1. The Kier molecular flexibility index (Phi) is 26.0. The highest BCUT2D eigenvalue weighted by Crippen LogP contribution is 2.28. The number of hydrogen-bond acceptors (Lipinski definition) is 5. The van der Waals surface area contributed by atoms with E-state index >= 15 is 0 Å². The Hall–Kier alpha value is -0.200. The van der Waals surface area contributed by atoms with E-state index in [1.807, 2.05) is 0 Å². The SMILES string of the molecule is CC(C)CCCC(C)CCCC(C)CCCC(C)CCOC(OC(OCCC(C)CCCC(C)CCCC(C)CCCC(C)C)C1CO1)C1CO1. The minimum absolute atomic E-state index is 0.0259. The van der Waals surface area contributed by atoms with E-state index in [0.717, 1.165) is 48.3 Å². The number of rotatable bonds is 36. The van der Waals surface area contributed by atoms with Crippen molar-refractivity contribution in [3.8, 4) is 0 Å². The molecule has 0 aromatic carbocycles. The van der Waals surface area contributed by atoms with Crippen molar-refractivity contribution in [1.29, 1.82) is 0 Å². The second-order valence-corrected chi connectivity index (χ2v) is 18.9. The van der Waals surface area contributed by atoms with Gasteiger partial charge in [0.2, 0.25) is 0 Å². The third-order valence-electron chi connectivity index (χ3n) is 11.9. The summed E-state index contributed by atoms with van der Waals surface area (Å²) >= 11 is 0. The Morgan fingerprint density at radius 1 is 0.373 bits per heavy atom. The Morgan fingerprint density at radius 2 is 0.608 bits per heavy atom. The molecule has 5 heteroatoms. The third-order valence-corrected chi connectivity index (χ3v) is 11.9. The van der Waals surface area contributed by atoms with Crippen molar-refractivity contribution in [2.24, 2.45) is 47.3 Å². The average molecular weight is 723 g/mol. The van der Waals surface area contributed by atoms with Crippen LogP contribution in [0, 0.1) is 47.3 Å². The number of ether oxygens (including phenoxy) is 5. The first-order valence-corrected chi connectivity index (χ1v) is 22.5. The molecule has 0 aromatic rings. The molecule has 10 unspecified atom stereocenters. The van der Waals surface area contributed by atoms with Crippen LogP contribution in [0.3, 0.4) is 0 Å². The molecule has 0 radical (unpaired) electrons. The van der Waals surface area contributed by atoms with Gasteiger partial charge in [0, 0.05) is 0 Å². The molecule has 2 aliphatic rings. The largest absolute Gasteiger partial charge is 0.368 e. The lowest BCUT2D eigenvalue weighted by Crippen LogP contribution is -2.35. The predicted molar refractivity (Wildman–Crippen MR) is 217 cm³/mol. The maximum Gasteiger partial charge on any atom is 0.189 e. The van der Waals surface area contributed by atoms with Crippen molar-refractivity contribution in [1.82, 2.24) is 0 Å². The van der Waals surface area contributed by atoms with E-state index in [-0.39, 0.29) is 24.8 Å². The Morgan fingerprint density at radius 3 is 0.843 bits per heavy atom. The first-order valence-electron chi connectivity index (χ1n) is 22.5. The summed E-state index contributed by atoms with van der Waals surface area (Å²) < 4.78 is 30.1. The monoisotopic (exact) mass is 723 g/mol. The van der Waals surface area contributed by atoms with Crippen LogP contribution in [-0.4, -0.2) is 51.2 Å². The predicted octanol–water partition coefficient (Wildman–Crippen LogP) is 13.4. The van der Waals surface area contributed by atoms with Gasteiger partial charge in [-0.1, -0.05) is 185 Å². The second-order valence-electron chi connectivity index (χ2n) is 18.9. The summed E-state index contributed by atoms with van der Waals surface area (Å²) in [5.41, 5.74) is 0. The van der Waals surface area contributed by atoms with E-state index < -0.39 is 0 Å². The van der Waals surface area contributed by atoms with E-state index in [0.29, 0.717) is 38.3 Å². The summed E-state index contributed by atoms with van der Waals surface area (Å²) in [6, 6.07) is 0. The molecule has 2 rings (SSSR count). The van der Waals surface area contributed by atoms with Crippen molar-refractivity contribution in [3.63, 3.8) is 0 Å². The normalized spacial score (nSPS) is 22.1. The molecule has 2 saturated heterocycles. The van der Waals surface area contributed by atoms with Crippen LogP contribution in [0.15, 0.2) is 0 Å². The van der Waals surface area contributed by atoms with Gasteiger partial charge in [-0.05, 0) is 60.2 Å². The molecule has 2 aliphatic heterocycles. The number of hydrogen-bond donors (Lipinski definition) is 0. The summed E-state index contributed by atoms with van der Waals surface area (Å²) in [5, 5.41) is 0. The van der Waals surface area contributed by atoms with Gasteiger partial charge in [0.1, 0.15) is 12.2 Å². The fourth-order valence-electron chi connectivity index (χ4n) is 7.67. The molecule has 304 valence electrons. The van der Waals surface area contributed by atoms with Crippen LogP contribution in [0.5, 0.6) is 0 Å². The fourth-order valence-corrected chi connectivity index (χ4v) is 7.67. The van der Waals surface area contributed by atoms with Gasteiger partial charge in [-0.2, -0.15) is 0 Å². The average Bonchev–Trinajstić information content (AvgIpc) is 3.98. The summed E-state index contributed by atoms with van der Waals surface area (Å²) in [4.78, 5) is 0. The van der Waals surface area contributed by atoms with Gasteiger partial charge >= 0.3 is 0 Å². The fraction of sp³-hybridized carbons (Fsp3) is 1.00. The topological polar surface area (TPSA) is 52.8 Å². The van der Waals surface area contributed by atoms with E-state index in [9.17, 15) is 0 Å². The highest BCUT2D eigenvalue weighted by Gasteiger charge is 2.42. The first-order chi connectivity index (χ1) is 24.4. The Bertz CT molecular complexity index is 731. The molecule has 0 N–H and O–H groups in total. The van der Waals surface area contributed by atoms with Gasteiger partial charge in [0.15, 0.2) is 12.6 Å². The van der Waals surface area contributed by atoms with Crippen LogP contribution in [0.2, 0.25) is 0 Å².